The lowest BCUT2D eigenvalue weighted by atomic mass is 9.98. The van der Waals surface area contributed by atoms with Crippen molar-refractivity contribution in [1.82, 2.24) is 9.80 Å². The van der Waals surface area contributed by atoms with Gasteiger partial charge in [0.1, 0.15) is 18.2 Å². The third kappa shape index (κ3) is 4.77. The Bertz CT molecular complexity index is 856. The summed E-state index contributed by atoms with van der Waals surface area (Å²) in [6, 6.07) is 11.9. The van der Waals surface area contributed by atoms with Crippen LogP contribution in [0.5, 0.6) is 5.75 Å². The van der Waals surface area contributed by atoms with Crippen LogP contribution in [0.1, 0.15) is 34.3 Å². The number of halogens is 1. The molecule has 1 atom stereocenters. The first-order valence-electron chi connectivity index (χ1n) is 10.2. The first-order chi connectivity index (χ1) is 14.1. The Hall–Kier alpha value is -2.44. The van der Waals surface area contributed by atoms with Gasteiger partial charge in [0.25, 0.3) is 5.91 Å². The zero-order valence-electron chi connectivity index (χ0n) is 16.5. The van der Waals surface area contributed by atoms with Crippen molar-refractivity contribution in [1.29, 1.82) is 0 Å². The zero-order valence-corrected chi connectivity index (χ0v) is 16.5. The van der Waals surface area contributed by atoms with Crippen molar-refractivity contribution < 1.29 is 19.0 Å². The summed E-state index contributed by atoms with van der Waals surface area (Å²) in [5.74, 6) is 0.706. The van der Waals surface area contributed by atoms with Gasteiger partial charge in [-0.2, -0.15) is 0 Å². The molecule has 2 aliphatic heterocycles. The second-order valence-electron chi connectivity index (χ2n) is 7.95. The van der Waals surface area contributed by atoms with E-state index in [1.54, 1.807) is 4.90 Å². The number of rotatable bonds is 4. The zero-order chi connectivity index (χ0) is 20.2. The van der Waals surface area contributed by atoms with Crippen LogP contribution >= 0.6 is 0 Å². The number of likely N-dealkylation sites (tertiary alicyclic amines) is 1. The van der Waals surface area contributed by atoms with Crippen LogP contribution < -0.4 is 4.74 Å². The monoisotopic (exact) mass is 398 g/mol. The first-order valence-corrected chi connectivity index (χ1v) is 10.2. The molecular weight excluding hydrogens is 371 g/mol. The fourth-order valence-corrected chi connectivity index (χ4v) is 4.20. The number of hydrogen-bond acceptors (Lipinski definition) is 4. The van der Waals surface area contributed by atoms with Gasteiger partial charge in [-0.1, -0.05) is 6.07 Å². The molecule has 0 radical (unpaired) electrons. The van der Waals surface area contributed by atoms with Crippen molar-refractivity contribution >= 4 is 5.91 Å². The SMILES string of the molecule is O=C(c1ccc(F)cc1)N1CCOc2ccc(CN3CCCC(CO)C3)cc2C1. The van der Waals surface area contributed by atoms with E-state index in [1.807, 2.05) is 6.07 Å². The van der Waals surface area contributed by atoms with Gasteiger partial charge in [0.05, 0.1) is 6.54 Å². The standard InChI is InChI=1S/C23H27FN2O3/c24-21-6-4-19(5-7-21)23(28)26-10-11-29-22-8-3-17(12-20(22)15-26)13-25-9-1-2-18(14-25)16-27/h3-8,12,18,27H,1-2,9-11,13-16H2. The van der Waals surface area contributed by atoms with Crippen LogP contribution in [0.15, 0.2) is 42.5 Å². The van der Waals surface area contributed by atoms with Gasteiger partial charge in [-0.15, -0.1) is 0 Å². The van der Waals surface area contributed by atoms with Crippen molar-refractivity contribution in [2.45, 2.75) is 25.9 Å². The Labute approximate surface area is 170 Å². The van der Waals surface area contributed by atoms with Gasteiger partial charge in [-0.25, -0.2) is 4.39 Å². The maximum Gasteiger partial charge on any atom is 0.254 e. The van der Waals surface area contributed by atoms with E-state index in [-0.39, 0.29) is 18.3 Å². The smallest absolute Gasteiger partial charge is 0.254 e. The molecule has 0 bridgehead atoms. The van der Waals surface area contributed by atoms with Gasteiger partial charge in [-0.05, 0) is 67.3 Å². The predicted molar refractivity (Wildman–Crippen MR) is 108 cm³/mol. The van der Waals surface area contributed by atoms with Crippen LogP contribution in [0, 0.1) is 11.7 Å². The Morgan fingerprint density at radius 1 is 1.17 bits per heavy atom. The summed E-state index contributed by atoms with van der Waals surface area (Å²) >= 11 is 0. The van der Waals surface area contributed by atoms with Crippen molar-refractivity contribution in [3.05, 3.63) is 65.0 Å². The van der Waals surface area contributed by atoms with Crippen molar-refractivity contribution in [2.75, 3.05) is 32.8 Å². The fraction of sp³-hybridized carbons (Fsp3) is 0.435. The fourth-order valence-electron chi connectivity index (χ4n) is 4.20. The van der Waals surface area contributed by atoms with E-state index in [0.29, 0.717) is 31.2 Å². The highest BCUT2D eigenvalue weighted by molar-refractivity contribution is 5.94. The third-order valence-electron chi connectivity index (χ3n) is 5.75. The largest absolute Gasteiger partial charge is 0.491 e. The minimum Gasteiger partial charge on any atom is -0.491 e. The summed E-state index contributed by atoms with van der Waals surface area (Å²) in [7, 11) is 0. The van der Waals surface area contributed by atoms with Crippen molar-refractivity contribution in [3.8, 4) is 5.75 Å². The molecule has 1 saturated heterocycles. The molecule has 1 amide bonds. The number of ether oxygens (including phenoxy) is 1. The van der Waals surface area contributed by atoms with Gasteiger partial charge in [0.15, 0.2) is 0 Å². The molecular formula is C23H27FN2O3. The molecule has 0 aliphatic carbocycles. The molecule has 1 fully saturated rings. The molecule has 5 nitrogen and oxygen atoms in total. The first kappa shape index (κ1) is 19.9. The van der Waals surface area contributed by atoms with E-state index in [9.17, 15) is 14.3 Å². The molecule has 1 unspecified atom stereocenters. The highest BCUT2D eigenvalue weighted by Crippen LogP contribution is 2.27. The second kappa shape index (κ2) is 8.93. The van der Waals surface area contributed by atoms with Crippen LogP contribution in [-0.4, -0.2) is 53.7 Å². The molecule has 2 aromatic carbocycles. The normalized spacial score (nSPS) is 19.9. The lowest BCUT2D eigenvalue weighted by molar-refractivity contribution is 0.0733. The molecule has 2 aliphatic rings. The summed E-state index contributed by atoms with van der Waals surface area (Å²) < 4.78 is 19.0. The number of carbonyl (C=O) groups is 1. The molecule has 4 rings (SSSR count). The minimum absolute atomic E-state index is 0.117. The molecule has 1 N–H and O–H groups in total. The number of carbonyl (C=O) groups excluding carboxylic acids is 1. The maximum absolute atomic E-state index is 13.2. The molecule has 0 saturated carbocycles. The number of amides is 1. The number of fused-ring (bicyclic) bond motifs is 1. The number of nitrogens with zero attached hydrogens (tertiary/aromatic N) is 2. The van der Waals surface area contributed by atoms with E-state index in [2.05, 4.69) is 17.0 Å². The summed E-state index contributed by atoms with van der Waals surface area (Å²) in [6.07, 6.45) is 2.20. The predicted octanol–water partition coefficient (Wildman–Crippen LogP) is 3.06. The van der Waals surface area contributed by atoms with Crippen LogP contribution in [-0.2, 0) is 13.1 Å². The molecule has 0 spiro atoms. The lowest BCUT2D eigenvalue weighted by Gasteiger charge is -2.32. The molecule has 154 valence electrons. The van der Waals surface area contributed by atoms with Gasteiger partial charge in [0, 0.05) is 37.4 Å². The topological polar surface area (TPSA) is 53.0 Å². The summed E-state index contributed by atoms with van der Waals surface area (Å²) in [6.45, 7) is 4.43. The van der Waals surface area contributed by atoms with Gasteiger partial charge in [-0.3, -0.25) is 9.69 Å². The van der Waals surface area contributed by atoms with Crippen LogP contribution in [0.3, 0.4) is 0 Å². The van der Waals surface area contributed by atoms with E-state index >= 15 is 0 Å². The van der Waals surface area contributed by atoms with Gasteiger partial charge >= 0.3 is 0 Å². The molecule has 6 heteroatoms. The van der Waals surface area contributed by atoms with E-state index < -0.39 is 0 Å². The number of aliphatic hydroxyl groups excluding tert-OH is 1. The third-order valence-corrected chi connectivity index (χ3v) is 5.75. The van der Waals surface area contributed by atoms with Gasteiger partial charge < -0.3 is 14.7 Å². The Balaban J connectivity index is 1.48. The van der Waals surface area contributed by atoms with E-state index in [4.69, 9.17) is 4.74 Å². The van der Waals surface area contributed by atoms with E-state index in [0.717, 1.165) is 43.8 Å². The number of piperidine rings is 1. The average molecular weight is 398 g/mol. The van der Waals surface area contributed by atoms with Crippen LogP contribution in [0.25, 0.3) is 0 Å². The second-order valence-corrected chi connectivity index (χ2v) is 7.95. The summed E-state index contributed by atoms with van der Waals surface area (Å²) in [4.78, 5) is 17.0. The van der Waals surface area contributed by atoms with Crippen LogP contribution in [0.2, 0.25) is 0 Å². The lowest BCUT2D eigenvalue weighted by Crippen LogP contribution is -2.36. The molecule has 0 aromatic heterocycles. The highest BCUT2D eigenvalue weighted by atomic mass is 19.1. The summed E-state index contributed by atoms with van der Waals surface area (Å²) in [5, 5.41) is 9.45. The molecule has 2 aromatic rings. The van der Waals surface area contributed by atoms with E-state index in [1.165, 1.54) is 29.8 Å². The minimum atomic E-state index is -0.350. The number of benzene rings is 2. The Morgan fingerprint density at radius 2 is 2.00 bits per heavy atom. The highest BCUT2D eigenvalue weighted by Gasteiger charge is 2.23. The Kier molecular flexibility index (Phi) is 6.11. The quantitative estimate of drug-likeness (QED) is 0.860. The molecule has 2 heterocycles. The average Bonchev–Trinajstić information content (AvgIpc) is 2.96. The Morgan fingerprint density at radius 3 is 2.79 bits per heavy atom. The maximum atomic E-state index is 13.2. The van der Waals surface area contributed by atoms with Crippen molar-refractivity contribution in [2.24, 2.45) is 5.92 Å². The summed E-state index contributed by atoms with van der Waals surface area (Å²) in [5.41, 5.74) is 2.66. The number of hydrogen-bond donors (Lipinski definition) is 1. The van der Waals surface area contributed by atoms with Crippen LogP contribution in [0.4, 0.5) is 4.39 Å². The van der Waals surface area contributed by atoms with Gasteiger partial charge in [0.2, 0.25) is 0 Å². The number of aliphatic hydroxyl groups is 1. The van der Waals surface area contributed by atoms with Crippen molar-refractivity contribution in [3.63, 3.8) is 0 Å². The molecule has 29 heavy (non-hydrogen) atoms.